The van der Waals surface area contributed by atoms with E-state index in [9.17, 15) is 4.79 Å². The van der Waals surface area contributed by atoms with Gasteiger partial charge >= 0.3 is 0 Å². The summed E-state index contributed by atoms with van der Waals surface area (Å²) in [4.78, 5) is 13.7. The highest BCUT2D eigenvalue weighted by Crippen LogP contribution is 1.99. The molecular formula is C7H6N2O2. The molecule has 4 heteroatoms. The van der Waals surface area contributed by atoms with Crippen LogP contribution in [-0.4, -0.2) is 12.1 Å². The summed E-state index contributed by atoms with van der Waals surface area (Å²) in [7, 11) is 1.38. The maximum atomic E-state index is 11.1. The van der Waals surface area contributed by atoms with Gasteiger partial charge in [0.05, 0.1) is 7.11 Å². The summed E-state index contributed by atoms with van der Waals surface area (Å²) in [5, 5.41) is 8.41. The third-order valence-electron chi connectivity index (χ3n) is 1.25. The number of aromatic nitrogens is 1. The van der Waals surface area contributed by atoms with Crippen LogP contribution in [0.2, 0.25) is 0 Å². The monoisotopic (exact) mass is 150 g/mol. The highest BCUT2D eigenvalue weighted by atomic mass is 16.5. The Morgan fingerprint density at radius 1 is 1.64 bits per heavy atom. The summed E-state index contributed by atoms with van der Waals surface area (Å²) in [6, 6.07) is 1.75. The van der Waals surface area contributed by atoms with Crippen molar-refractivity contribution in [2.75, 3.05) is 7.11 Å². The second-order valence-electron chi connectivity index (χ2n) is 1.88. The molecule has 1 aromatic rings. The number of nitrogens with one attached hydrogen (secondary N) is 1. The van der Waals surface area contributed by atoms with Gasteiger partial charge in [-0.1, -0.05) is 0 Å². The molecule has 56 valence electrons. The first-order valence-corrected chi connectivity index (χ1v) is 2.94. The van der Waals surface area contributed by atoms with E-state index in [1.807, 2.05) is 0 Å². The fraction of sp³-hybridized carbons (Fsp3) is 0.143. The van der Waals surface area contributed by atoms with Crippen molar-refractivity contribution in [3.63, 3.8) is 0 Å². The first-order chi connectivity index (χ1) is 5.29. The number of nitrogens with zero attached hydrogens (tertiary/aromatic N) is 1. The molecule has 0 atom stereocenters. The van der Waals surface area contributed by atoms with Gasteiger partial charge in [-0.3, -0.25) is 4.79 Å². The van der Waals surface area contributed by atoms with Crippen LogP contribution < -0.4 is 10.2 Å². The van der Waals surface area contributed by atoms with E-state index in [-0.39, 0.29) is 16.7 Å². The number of hydrogen-bond acceptors (Lipinski definition) is 3. The van der Waals surface area contributed by atoms with Gasteiger partial charge in [0, 0.05) is 12.4 Å². The fourth-order valence-electron chi connectivity index (χ4n) is 0.699. The molecule has 0 fully saturated rings. The molecule has 11 heavy (non-hydrogen) atoms. The summed E-state index contributed by atoms with van der Waals surface area (Å²) in [6.45, 7) is 0. The Morgan fingerprint density at radius 2 is 2.36 bits per heavy atom. The zero-order chi connectivity index (χ0) is 8.27. The highest BCUT2D eigenvalue weighted by molar-refractivity contribution is 5.32. The lowest BCUT2D eigenvalue weighted by molar-refractivity contribution is 0.408. The third kappa shape index (κ3) is 1.22. The Morgan fingerprint density at radius 3 is 2.91 bits per heavy atom. The van der Waals surface area contributed by atoms with Crippen molar-refractivity contribution in [2.24, 2.45) is 0 Å². The quantitative estimate of drug-likeness (QED) is 0.624. The molecule has 1 rings (SSSR count). The van der Waals surface area contributed by atoms with Gasteiger partial charge in [0.15, 0.2) is 5.75 Å². The topological polar surface area (TPSA) is 65.9 Å². The van der Waals surface area contributed by atoms with Crippen LogP contribution >= 0.6 is 0 Å². The molecule has 0 bridgehead atoms. The number of hydrogen-bond donors (Lipinski definition) is 1. The summed E-state index contributed by atoms with van der Waals surface area (Å²) >= 11 is 0. The van der Waals surface area contributed by atoms with Crippen molar-refractivity contribution in [1.82, 2.24) is 4.98 Å². The fourth-order valence-corrected chi connectivity index (χ4v) is 0.699. The van der Waals surface area contributed by atoms with Gasteiger partial charge in [0.25, 0.3) is 0 Å². The van der Waals surface area contributed by atoms with Crippen LogP contribution in [0.4, 0.5) is 0 Å². The van der Waals surface area contributed by atoms with Gasteiger partial charge in [-0.15, -0.1) is 0 Å². The number of aromatic amines is 1. The number of ether oxygens (including phenoxy) is 1. The maximum Gasteiger partial charge on any atom is 0.241 e. The summed E-state index contributed by atoms with van der Waals surface area (Å²) in [5.74, 6) is 0.157. The van der Waals surface area contributed by atoms with E-state index in [1.165, 1.54) is 19.5 Å². The molecule has 0 radical (unpaired) electrons. The minimum absolute atomic E-state index is 0.0596. The molecule has 0 saturated carbocycles. The van der Waals surface area contributed by atoms with Crippen LogP contribution in [0.15, 0.2) is 17.2 Å². The largest absolute Gasteiger partial charge is 0.491 e. The van der Waals surface area contributed by atoms with Gasteiger partial charge in [-0.2, -0.15) is 5.26 Å². The molecule has 1 N–H and O–H groups in total. The second-order valence-corrected chi connectivity index (χ2v) is 1.88. The van der Waals surface area contributed by atoms with E-state index in [1.54, 1.807) is 6.07 Å². The predicted molar refractivity (Wildman–Crippen MR) is 38.3 cm³/mol. The van der Waals surface area contributed by atoms with Crippen molar-refractivity contribution in [3.8, 4) is 11.8 Å². The smallest absolute Gasteiger partial charge is 0.241 e. The molecule has 0 amide bonds. The van der Waals surface area contributed by atoms with Crippen LogP contribution in [-0.2, 0) is 0 Å². The number of rotatable bonds is 1. The van der Waals surface area contributed by atoms with Crippen LogP contribution in [0.3, 0.4) is 0 Å². The first-order valence-electron chi connectivity index (χ1n) is 2.94. The van der Waals surface area contributed by atoms with Crippen molar-refractivity contribution in [2.45, 2.75) is 0 Å². The second kappa shape index (κ2) is 2.88. The molecule has 0 saturated heterocycles. The van der Waals surface area contributed by atoms with Crippen molar-refractivity contribution in [3.05, 3.63) is 28.2 Å². The van der Waals surface area contributed by atoms with Gasteiger partial charge in [-0.25, -0.2) is 0 Å². The molecule has 0 unspecified atom stereocenters. The Bertz CT molecular complexity index is 348. The molecule has 1 heterocycles. The van der Waals surface area contributed by atoms with Crippen LogP contribution in [0, 0.1) is 11.3 Å². The highest BCUT2D eigenvalue weighted by Gasteiger charge is 2.02. The zero-order valence-electron chi connectivity index (χ0n) is 5.92. The summed E-state index contributed by atoms with van der Waals surface area (Å²) < 4.78 is 4.69. The lowest BCUT2D eigenvalue weighted by atomic mass is 10.3. The standard InChI is InChI=1S/C7H6N2O2/c1-11-6-4-9-3-5(2-8)7(6)10/h3-4H,1H3,(H,9,10). The van der Waals surface area contributed by atoms with Crippen molar-refractivity contribution in [1.29, 1.82) is 5.26 Å². The number of H-pyrrole nitrogens is 1. The van der Waals surface area contributed by atoms with Gasteiger partial charge < -0.3 is 9.72 Å². The predicted octanol–water partition coefficient (Wildman–Crippen LogP) is 0.255. The molecule has 0 aliphatic heterocycles. The third-order valence-corrected chi connectivity index (χ3v) is 1.25. The SMILES string of the molecule is COc1c[nH]cc(C#N)c1=O. The molecule has 4 nitrogen and oxygen atoms in total. The van der Waals surface area contributed by atoms with E-state index in [0.29, 0.717) is 0 Å². The van der Waals surface area contributed by atoms with Gasteiger partial charge in [0.1, 0.15) is 11.6 Å². The minimum atomic E-state index is -0.381. The molecule has 0 aliphatic carbocycles. The molecule has 0 aromatic carbocycles. The minimum Gasteiger partial charge on any atom is -0.491 e. The number of nitriles is 1. The maximum absolute atomic E-state index is 11.1. The van der Waals surface area contributed by atoms with Gasteiger partial charge in [0.2, 0.25) is 5.43 Å². The van der Waals surface area contributed by atoms with Crippen LogP contribution in [0.25, 0.3) is 0 Å². The van der Waals surface area contributed by atoms with Crippen LogP contribution in [0.1, 0.15) is 5.56 Å². The van der Waals surface area contributed by atoms with Crippen molar-refractivity contribution < 1.29 is 4.74 Å². The normalized spacial score (nSPS) is 8.73. The molecular weight excluding hydrogens is 144 g/mol. The van der Waals surface area contributed by atoms with E-state index in [0.717, 1.165) is 0 Å². The number of methoxy groups -OCH3 is 1. The molecule has 0 aliphatic rings. The lowest BCUT2D eigenvalue weighted by Crippen LogP contribution is -2.08. The van der Waals surface area contributed by atoms with E-state index < -0.39 is 0 Å². The Balaban J connectivity index is 3.36. The lowest BCUT2D eigenvalue weighted by Gasteiger charge is -1.95. The molecule has 1 aromatic heterocycles. The summed E-state index contributed by atoms with van der Waals surface area (Å²) in [5.41, 5.74) is -0.321. The van der Waals surface area contributed by atoms with Gasteiger partial charge in [-0.05, 0) is 0 Å². The molecule has 0 spiro atoms. The first kappa shape index (κ1) is 7.35. The average molecular weight is 150 g/mol. The van der Waals surface area contributed by atoms with E-state index in [2.05, 4.69) is 4.98 Å². The Labute approximate surface area is 63.0 Å². The average Bonchev–Trinajstić information content (AvgIpc) is 2.05. The summed E-state index contributed by atoms with van der Waals surface area (Å²) in [6.07, 6.45) is 2.74. The zero-order valence-corrected chi connectivity index (χ0v) is 5.92. The Kier molecular flexibility index (Phi) is 1.93. The van der Waals surface area contributed by atoms with Crippen LogP contribution in [0.5, 0.6) is 5.75 Å². The van der Waals surface area contributed by atoms with Crippen molar-refractivity contribution >= 4 is 0 Å². The van der Waals surface area contributed by atoms with E-state index >= 15 is 0 Å². The van der Waals surface area contributed by atoms with E-state index in [4.69, 9.17) is 10.00 Å². The number of pyridine rings is 1. The Hall–Kier alpha value is -1.76.